The van der Waals surface area contributed by atoms with E-state index in [1.165, 1.54) is 10.5 Å². The third-order valence-corrected chi connectivity index (χ3v) is 3.08. The smallest absolute Gasteiger partial charge is 0.0636 e. The molecule has 0 aliphatic heterocycles. The molecule has 0 amide bonds. The Morgan fingerprint density at radius 2 is 1.87 bits per heavy atom. The van der Waals surface area contributed by atoms with Crippen LogP contribution in [0.25, 0.3) is 0 Å². The molecule has 1 aromatic rings. The Morgan fingerprint density at radius 1 is 1.27 bits per heavy atom. The second kappa shape index (κ2) is 6.16. The predicted molar refractivity (Wildman–Crippen MR) is 66.3 cm³/mol. The van der Waals surface area contributed by atoms with E-state index in [1.807, 2.05) is 0 Å². The molecule has 1 aromatic carbocycles. The molecule has 0 spiro atoms. The first kappa shape index (κ1) is 12.6. The minimum Gasteiger partial charge on any atom is -0.392 e. The highest BCUT2D eigenvalue weighted by Crippen LogP contribution is 2.18. The summed E-state index contributed by atoms with van der Waals surface area (Å²) in [5.41, 5.74) is 1.26. The fraction of sp³-hybridized carbons (Fsp3) is 0.500. The molecular formula is C12H19NOS. The second-order valence-corrected chi connectivity index (χ2v) is 4.63. The van der Waals surface area contributed by atoms with Crippen LogP contribution in [0, 0.1) is 0 Å². The number of aliphatic hydroxyl groups excluding tert-OH is 1. The van der Waals surface area contributed by atoms with Gasteiger partial charge in [-0.15, -0.1) is 11.8 Å². The zero-order valence-corrected chi connectivity index (χ0v) is 10.3. The van der Waals surface area contributed by atoms with Gasteiger partial charge >= 0.3 is 0 Å². The SMILES string of the molecule is CSc1ccc(C(C)NC[C@@H](C)O)cc1. The predicted octanol–water partition coefficient (Wildman–Crippen LogP) is 2.44. The molecule has 0 aromatic heterocycles. The van der Waals surface area contributed by atoms with E-state index in [1.54, 1.807) is 18.7 Å². The molecule has 0 aliphatic carbocycles. The maximum atomic E-state index is 9.16. The van der Waals surface area contributed by atoms with E-state index in [4.69, 9.17) is 5.11 Å². The van der Waals surface area contributed by atoms with E-state index >= 15 is 0 Å². The van der Waals surface area contributed by atoms with Crippen LogP contribution in [0.4, 0.5) is 0 Å². The zero-order valence-electron chi connectivity index (χ0n) is 9.53. The summed E-state index contributed by atoms with van der Waals surface area (Å²) in [5.74, 6) is 0. The molecule has 2 nitrogen and oxygen atoms in total. The van der Waals surface area contributed by atoms with Gasteiger partial charge in [0.25, 0.3) is 0 Å². The summed E-state index contributed by atoms with van der Waals surface area (Å²) in [7, 11) is 0. The van der Waals surface area contributed by atoms with E-state index in [2.05, 4.69) is 42.8 Å². The molecule has 15 heavy (non-hydrogen) atoms. The Labute approximate surface area is 96.1 Å². The van der Waals surface area contributed by atoms with Gasteiger partial charge in [0.2, 0.25) is 0 Å². The van der Waals surface area contributed by atoms with Crippen molar-refractivity contribution >= 4 is 11.8 Å². The fourth-order valence-corrected chi connectivity index (χ4v) is 1.77. The highest BCUT2D eigenvalue weighted by molar-refractivity contribution is 7.98. The molecule has 0 fully saturated rings. The summed E-state index contributed by atoms with van der Waals surface area (Å²) < 4.78 is 0. The molecule has 0 bridgehead atoms. The third kappa shape index (κ3) is 4.24. The van der Waals surface area contributed by atoms with Crippen LogP contribution in [-0.4, -0.2) is 24.0 Å². The first-order valence-corrected chi connectivity index (χ1v) is 6.41. The van der Waals surface area contributed by atoms with Crippen molar-refractivity contribution in [1.29, 1.82) is 0 Å². The number of benzene rings is 1. The molecule has 2 atom stereocenters. The molecule has 0 heterocycles. The van der Waals surface area contributed by atoms with Gasteiger partial charge < -0.3 is 10.4 Å². The van der Waals surface area contributed by atoms with E-state index < -0.39 is 0 Å². The molecule has 0 aliphatic rings. The second-order valence-electron chi connectivity index (χ2n) is 3.75. The summed E-state index contributed by atoms with van der Waals surface area (Å²) in [6, 6.07) is 8.80. The minimum atomic E-state index is -0.294. The Kier molecular flexibility index (Phi) is 5.15. The number of hydrogen-bond acceptors (Lipinski definition) is 3. The van der Waals surface area contributed by atoms with Gasteiger partial charge in [0.15, 0.2) is 0 Å². The lowest BCUT2D eigenvalue weighted by Gasteiger charge is -2.15. The molecule has 2 N–H and O–H groups in total. The molecule has 1 rings (SSSR count). The number of aliphatic hydroxyl groups is 1. The van der Waals surface area contributed by atoms with Gasteiger partial charge in [-0.3, -0.25) is 0 Å². The van der Waals surface area contributed by atoms with E-state index in [-0.39, 0.29) is 12.1 Å². The van der Waals surface area contributed by atoms with Crippen LogP contribution in [0.15, 0.2) is 29.2 Å². The Morgan fingerprint density at radius 3 is 2.33 bits per heavy atom. The lowest BCUT2D eigenvalue weighted by Crippen LogP contribution is -2.27. The van der Waals surface area contributed by atoms with E-state index in [0.29, 0.717) is 6.54 Å². The topological polar surface area (TPSA) is 32.3 Å². The van der Waals surface area contributed by atoms with Gasteiger partial charge in [0.05, 0.1) is 6.10 Å². The van der Waals surface area contributed by atoms with Crippen molar-refractivity contribution < 1.29 is 5.11 Å². The van der Waals surface area contributed by atoms with Crippen molar-refractivity contribution in [2.45, 2.75) is 30.9 Å². The molecule has 1 unspecified atom stereocenters. The number of rotatable bonds is 5. The van der Waals surface area contributed by atoms with Gasteiger partial charge in [-0.25, -0.2) is 0 Å². The summed E-state index contributed by atoms with van der Waals surface area (Å²) in [6.45, 7) is 4.53. The standard InChI is InChI=1S/C12H19NOS/c1-9(14)8-13-10(2)11-4-6-12(15-3)7-5-11/h4-7,9-10,13-14H,8H2,1-3H3/t9-,10?/m1/s1. The largest absolute Gasteiger partial charge is 0.392 e. The first-order chi connectivity index (χ1) is 7.13. The first-order valence-electron chi connectivity index (χ1n) is 5.19. The average molecular weight is 225 g/mol. The van der Waals surface area contributed by atoms with Gasteiger partial charge in [-0.2, -0.15) is 0 Å². The van der Waals surface area contributed by atoms with Crippen molar-refractivity contribution in [1.82, 2.24) is 5.32 Å². The number of hydrogen-bond donors (Lipinski definition) is 2. The maximum absolute atomic E-state index is 9.16. The summed E-state index contributed by atoms with van der Waals surface area (Å²) in [5, 5.41) is 12.4. The van der Waals surface area contributed by atoms with Crippen LogP contribution in [-0.2, 0) is 0 Å². The van der Waals surface area contributed by atoms with E-state index in [9.17, 15) is 0 Å². The van der Waals surface area contributed by atoms with Crippen molar-refractivity contribution in [3.05, 3.63) is 29.8 Å². The van der Waals surface area contributed by atoms with Crippen LogP contribution in [0.2, 0.25) is 0 Å². The van der Waals surface area contributed by atoms with Crippen molar-refractivity contribution in [3.63, 3.8) is 0 Å². The highest BCUT2D eigenvalue weighted by Gasteiger charge is 2.05. The van der Waals surface area contributed by atoms with Crippen LogP contribution >= 0.6 is 11.8 Å². The molecule has 0 saturated carbocycles. The normalized spacial score (nSPS) is 14.9. The maximum Gasteiger partial charge on any atom is 0.0636 e. The van der Waals surface area contributed by atoms with Crippen LogP contribution in [0.1, 0.15) is 25.5 Å². The van der Waals surface area contributed by atoms with Gasteiger partial charge in [-0.1, -0.05) is 12.1 Å². The van der Waals surface area contributed by atoms with Crippen molar-refractivity contribution in [2.24, 2.45) is 0 Å². The lowest BCUT2D eigenvalue weighted by molar-refractivity contribution is 0.187. The Balaban J connectivity index is 2.54. The minimum absolute atomic E-state index is 0.288. The molecule has 84 valence electrons. The van der Waals surface area contributed by atoms with E-state index in [0.717, 1.165) is 0 Å². The van der Waals surface area contributed by atoms with Gasteiger partial charge in [-0.05, 0) is 37.8 Å². The summed E-state index contributed by atoms with van der Waals surface area (Å²) in [4.78, 5) is 1.28. The van der Waals surface area contributed by atoms with Gasteiger partial charge in [0, 0.05) is 17.5 Å². The summed E-state index contributed by atoms with van der Waals surface area (Å²) in [6.07, 6.45) is 1.78. The van der Waals surface area contributed by atoms with Crippen LogP contribution < -0.4 is 5.32 Å². The zero-order chi connectivity index (χ0) is 11.3. The number of nitrogens with one attached hydrogen (secondary N) is 1. The van der Waals surface area contributed by atoms with Crippen LogP contribution in [0.3, 0.4) is 0 Å². The molecule has 0 radical (unpaired) electrons. The van der Waals surface area contributed by atoms with Crippen molar-refractivity contribution in [2.75, 3.05) is 12.8 Å². The summed E-state index contributed by atoms with van der Waals surface area (Å²) >= 11 is 1.75. The monoisotopic (exact) mass is 225 g/mol. The number of thioether (sulfide) groups is 1. The fourth-order valence-electron chi connectivity index (χ4n) is 1.36. The van der Waals surface area contributed by atoms with Gasteiger partial charge in [0.1, 0.15) is 0 Å². The molecule has 3 heteroatoms. The third-order valence-electron chi connectivity index (χ3n) is 2.34. The Hall–Kier alpha value is -0.510. The highest BCUT2D eigenvalue weighted by atomic mass is 32.2. The quantitative estimate of drug-likeness (QED) is 0.755. The van der Waals surface area contributed by atoms with Crippen LogP contribution in [0.5, 0.6) is 0 Å². The lowest BCUT2D eigenvalue weighted by atomic mass is 10.1. The average Bonchev–Trinajstić information content (AvgIpc) is 2.26. The molecule has 0 saturated heterocycles. The van der Waals surface area contributed by atoms with Crippen molar-refractivity contribution in [3.8, 4) is 0 Å². The molecular weight excluding hydrogens is 206 g/mol. The Bertz CT molecular complexity index is 284.